The van der Waals surface area contributed by atoms with Gasteiger partial charge in [-0.3, -0.25) is 19.7 Å². The van der Waals surface area contributed by atoms with Crippen LogP contribution < -0.4 is 25.0 Å². The van der Waals surface area contributed by atoms with Gasteiger partial charge >= 0.3 is 6.03 Å². The first-order valence-corrected chi connectivity index (χ1v) is 12.3. The van der Waals surface area contributed by atoms with Gasteiger partial charge in [0.15, 0.2) is 18.1 Å². The van der Waals surface area contributed by atoms with Crippen molar-refractivity contribution in [1.29, 1.82) is 0 Å². The lowest BCUT2D eigenvalue weighted by Gasteiger charge is -2.26. The normalized spacial score (nSPS) is 14.3. The molecule has 12 heteroatoms. The molecule has 3 aromatic rings. The van der Waals surface area contributed by atoms with Gasteiger partial charge in [-0.05, 0) is 79.2 Å². The zero-order valence-corrected chi connectivity index (χ0v) is 21.9. The predicted molar refractivity (Wildman–Crippen MR) is 145 cm³/mol. The molecule has 39 heavy (non-hydrogen) atoms. The summed E-state index contributed by atoms with van der Waals surface area (Å²) < 4.78 is 11.3. The highest BCUT2D eigenvalue weighted by molar-refractivity contribution is 6.39. The van der Waals surface area contributed by atoms with Gasteiger partial charge in [0, 0.05) is 10.7 Å². The minimum Gasteiger partial charge on any atom is -0.508 e. The zero-order valence-electron chi connectivity index (χ0n) is 20.4. The molecule has 0 aromatic heterocycles. The van der Waals surface area contributed by atoms with E-state index in [0.717, 1.165) is 4.90 Å². The van der Waals surface area contributed by atoms with Crippen LogP contribution in [0.15, 0.2) is 66.2 Å². The van der Waals surface area contributed by atoms with E-state index < -0.39 is 23.8 Å². The van der Waals surface area contributed by atoms with Gasteiger partial charge in [0.1, 0.15) is 11.3 Å². The number of halogens is 2. The fourth-order valence-electron chi connectivity index (χ4n) is 3.60. The van der Waals surface area contributed by atoms with E-state index in [1.165, 1.54) is 42.5 Å². The first-order valence-electron chi connectivity index (χ1n) is 11.5. The Morgan fingerprint density at radius 3 is 2.38 bits per heavy atom. The van der Waals surface area contributed by atoms with Crippen molar-refractivity contribution in [3.63, 3.8) is 0 Å². The maximum atomic E-state index is 13.1. The second-order valence-corrected chi connectivity index (χ2v) is 8.92. The molecule has 0 aliphatic carbocycles. The summed E-state index contributed by atoms with van der Waals surface area (Å²) in [5.74, 6) is -2.02. The van der Waals surface area contributed by atoms with E-state index in [0.29, 0.717) is 16.3 Å². The van der Waals surface area contributed by atoms with Crippen molar-refractivity contribution in [3.05, 3.63) is 81.8 Å². The fourth-order valence-corrected chi connectivity index (χ4v) is 4.00. The quantitative estimate of drug-likeness (QED) is 0.262. The molecule has 4 rings (SSSR count). The Balaban J connectivity index is 1.57. The van der Waals surface area contributed by atoms with Gasteiger partial charge in [-0.15, -0.1) is 0 Å². The molecule has 1 heterocycles. The van der Waals surface area contributed by atoms with Crippen LogP contribution in [0.25, 0.3) is 6.08 Å². The van der Waals surface area contributed by atoms with Crippen LogP contribution in [0.4, 0.5) is 16.2 Å². The lowest BCUT2D eigenvalue weighted by molar-refractivity contribution is -0.122. The first kappa shape index (κ1) is 27.5. The van der Waals surface area contributed by atoms with Crippen LogP contribution in [0.3, 0.4) is 0 Å². The van der Waals surface area contributed by atoms with Gasteiger partial charge in [-0.25, -0.2) is 9.69 Å². The number of phenols is 1. The number of barbiturate groups is 1. The number of anilines is 2. The molecule has 0 atom stereocenters. The van der Waals surface area contributed by atoms with Crippen LogP contribution in [0.2, 0.25) is 10.0 Å². The van der Waals surface area contributed by atoms with Crippen LogP contribution in [-0.4, -0.2) is 42.1 Å². The summed E-state index contributed by atoms with van der Waals surface area (Å²) in [5, 5.41) is 14.9. The van der Waals surface area contributed by atoms with Crippen molar-refractivity contribution >= 4 is 64.4 Å². The molecule has 3 N–H and O–H groups in total. The average molecular weight is 570 g/mol. The number of carbonyl (C=O) groups is 4. The van der Waals surface area contributed by atoms with Gasteiger partial charge < -0.3 is 19.9 Å². The van der Waals surface area contributed by atoms with E-state index in [2.05, 4.69) is 10.6 Å². The summed E-state index contributed by atoms with van der Waals surface area (Å²) in [6, 6.07) is 13.8. The van der Waals surface area contributed by atoms with Crippen molar-refractivity contribution in [1.82, 2.24) is 5.32 Å². The number of amides is 5. The van der Waals surface area contributed by atoms with E-state index >= 15 is 0 Å². The monoisotopic (exact) mass is 569 g/mol. The van der Waals surface area contributed by atoms with Crippen LogP contribution in [0, 0.1) is 0 Å². The minimum absolute atomic E-state index is 0.0571. The molecular formula is C27H21Cl2N3O7. The Labute approximate surface area is 232 Å². The number of aromatic hydroxyl groups is 1. The minimum atomic E-state index is -0.929. The maximum absolute atomic E-state index is 13.1. The summed E-state index contributed by atoms with van der Waals surface area (Å²) in [4.78, 5) is 51.2. The largest absolute Gasteiger partial charge is 0.508 e. The van der Waals surface area contributed by atoms with Gasteiger partial charge in [-0.1, -0.05) is 23.2 Å². The van der Waals surface area contributed by atoms with Crippen LogP contribution >= 0.6 is 23.2 Å². The SMILES string of the molecule is CCOc1cc(/C=C2\C(=O)NC(=O)N(c3ccc(O)cc3)C2=O)cc(Cl)c1OCC(=O)Nc1ccc(Cl)cc1. The summed E-state index contributed by atoms with van der Waals surface area (Å²) >= 11 is 12.3. The Morgan fingerprint density at radius 2 is 1.72 bits per heavy atom. The van der Waals surface area contributed by atoms with Gasteiger partial charge in [0.05, 0.1) is 17.3 Å². The zero-order chi connectivity index (χ0) is 28.1. The van der Waals surface area contributed by atoms with E-state index in [1.807, 2.05) is 0 Å². The lowest BCUT2D eigenvalue weighted by atomic mass is 10.1. The Morgan fingerprint density at radius 1 is 1.03 bits per heavy atom. The van der Waals surface area contributed by atoms with Gasteiger partial charge in [-0.2, -0.15) is 0 Å². The Bertz CT molecular complexity index is 1470. The second kappa shape index (κ2) is 11.9. The Hall–Kier alpha value is -4.54. The second-order valence-electron chi connectivity index (χ2n) is 8.08. The fraction of sp³-hybridized carbons (Fsp3) is 0.111. The number of nitrogens with zero attached hydrogens (tertiary/aromatic N) is 1. The summed E-state index contributed by atoms with van der Waals surface area (Å²) in [6.45, 7) is 1.58. The number of rotatable bonds is 8. The molecule has 1 saturated heterocycles. The van der Waals surface area contributed by atoms with E-state index in [9.17, 15) is 24.3 Å². The molecule has 1 aliphatic rings. The highest BCUT2D eigenvalue weighted by Gasteiger charge is 2.37. The molecular weight excluding hydrogens is 549 g/mol. The average Bonchev–Trinajstić information content (AvgIpc) is 2.88. The van der Waals surface area contributed by atoms with Gasteiger partial charge in [0.25, 0.3) is 17.7 Å². The molecule has 0 spiro atoms. The predicted octanol–water partition coefficient (Wildman–Crippen LogP) is 4.78. The number of ether oxygens (including phenoxy) is 2. The van der Waals surface area contributed by atoms with Crippen molar-refractivity contribution in [2.75, 3.05) is 23.4 Å². The Kier molecular flexibility index (Phi) is 8.38. The van der Waals surface area contributed by atoms with Crippen molar-refractivity contribution in [2.24, 2.45) is 0 Å². The molecule has 3 aromatic carbocycles. The highest BCUT2D eigenvalue weighted by Crippen LogP contribution is 2.37. The third-order valence-electron chi connectivity index (χ3n) is 5.33. The van der Waals surface area contributed by atoms with E-state index in [4.69, 9.17) is 32.7 Å². The summed E-state index contributed by atoms with van der Waals surface area (Å²) in [5.41, 5.74) is 0.654. The van der Waals surface area contributed by atoms with Crippen LogP contribution in [-0.2, 0) is 14.4 Å². The topological polar surface area (TPSA) is 134 Å². The maximum Gasteiger partial charge on any atom is 0.335 e. The standard InChI is InChI=1S/C27H21Cl2N3O7/c1-2-38-22-13-15(12-21(29)24(22)39-14-23(34)30-17-5-3-16(28)4-6-17)11-20-25(35)31-27(37)32(26(20)36)18-7-9-19(33)10-8-18/h3-13,33H,2,14H2,1H3,(H,30,34)(H,31,35,37)/b20-11+. The lowest BCUT2D eigenvalue weighted by Crippen LogP contribution is -2.54. The third-order valence-corrected chi connectivity index (χ3v) is 5.86. The molecule has 1 fully saturated rings. The number of imide groups is 2. The number of urea groups is 1. The smallest absolute Gasteiger partial charge is 0.335 e. The molecule has 0 saturated carbocycles. The summed E-state index contributed by atoms with van der Waals surface area (Å²) in [6.07, 6.45) is 1.25. The number of benzene rings is 3. The highest BCUT2D eigenvalue weighted by atomic mass is 35.5. The first-order chi connectivity index (χ1) is 18.7. The van der Waals surface area contributed by atoms with Crippen LogP contribution in [0.5, 0.6) is 17.2 Å². The number of carbonyl (C=O) groups excluding carboxylic acids is 4. The number of hydrogen-bond donors (Lipinski definition) is 3. The van der Waals surface area contributed by atoms with Crippen molar-refractivity contribution in [2.45, 2.75) is 6.92 Å². The third kappa shape index (κ3) is 6.49. The number of nitrogens with one attached hydrogen (secondary N) is 2. The molecule has 0 bridgehead atoms. The number of phenolic OH excluding ortho intramolecular Hbond substituents is 1. The van der Waals surface area contributed by atoms with Crippen LogP contribution in [0.1, 0.15) is 12.5 Å². The molecule has 0 radical (unpaired) electrons. The molecule has 200 valence electrons. The van der Waals surface area contributed by atoms with Gasteiger partial charge in [0.2, 0.25) is 0 Å². The number of hydrogen-bond acceptors (Lipinski definition) is 7. The molecule has 0 unspecified atom stereocenters. The molecule has 1 aliphatic heterocycles. The summed E-state index contributed by atoms with van der Waals surface area (Å²) in [7, 11) is 0. The van der Waals surface area contributed by atoms with E-state index in [1.54, 1.807) is 31.2 Å². The molecule has 10 nitrogen and oxygen atoms in total. The molecule has 5 amide bonds. The van der Waals surface area contributed by atoms with Crippen molar-refractivity contribution < 1.29 is 33.8 Å². The van der Waals surface area contributed by atoms with E-state index in [-0.39, 0.29) is 46.7 Å². The van der Waals surface area contributed by atoms with Crippen molar-refractivity contribution in [3.8, 4) is 17.2 Å².